The molecule has 0 bridgehead atoms. The van der Waals surface area contributed by atoms with Gasteiger partial charge in [-0.15, -0.1) is 11.8 Å². The Bertz CT molecular complexity index is 609. The van der Waals surface area contributed by atoms with Gasteiger partial charge < -0.3 is 10.1 Å². The molecule has 21 heavy (non-hydrogen) atoms. The van der Waals surface area contributed by atoms with Gasteiger partial charge >= 0.3 is 0 Å². The molecule has 2 nitrogen and oxygen atoms in total. The van der Waals surface area contributed by atoms with Crippen LogP contribution >= 0.6 is 23.4 Å². The minimum absolute atomic E-state index is 0.107. The lowest BCUT2D eigenvalue weighted by Crippen LogP contribution is -2.20. The van der Waals surface area contributed by atoms with Crippen molar-refractivity contribution < 1.29 is 9.13 Å². The van der Waals surface area contributed by atoms with Gasteiger partial charge in [0.2, 0.25) is 0 Å². The SMILES string of the molecule is CNC(CSc1cccc(Cl)c1)c1cccc(OC)c1F. The lowest BCUT2D eigenvalue weighted by molar-refractivity contribution is 0.381. The lowest BCUT2D eigenvalue weighted by Gasteiger charge is -2.18. The Hall–Kier alpha value is -1.23. The zero-order valence-corrected chi connectivity index (χ0v) is 13.5. The highest BCUT2D eigenvalue weighted by Crippen LogP contribution is 2.30. The second-order valence-electron chi connectivity index (χ2n) is 4.47. The quantitative estimate of drug-likeness (QED) is 0.788. The molecule has 0 saturated heterocycles. The van der Waals surface area contributed by atoms with Gasteiger partial charge in [0.15, 0.2) is 11.6 Å². The molecule has 5 heteroatoms. The summed E-state index contributed by atoms with van der Waals surface area (Å²) >= 11 is 7.60. The molecular weight excluding hydrogens is 309 g/mol. The van der Waals surface area contributed by atoms with E-state index in [0.29, 0.717) is 16.3 Å². The van der Waals surface area contributed by atoms with Crippen molar-refractivity contribution in [2.45, 2.75) is 10.9 Å². The van der Waals surface area contributed by atoms with Crippen LogP contribution in [0.1, 0.15) is 11.6 Å². The summed E-state index contributed by atoms with van der Waals surface area (Å²) < 4.78 is 19.3. The maximum absolute atomic E-state index is 14.3. The number of benzene rings is 2. The number of thioether (sulfide) groups is 1. The monoisotopic (exact) mass is 325 g/mol. The Balaban J connectivity index is 2.13. The Labute approximate surface area is 133 Å². The second kappa shape index (κ2) is 7.69. The molecule has 0 aliphatic heterocycles. The summed E-state index contributed by atoms with van der Waals surface area (Å²) in [7, 11) is 3.29. The van der Waals surface area contributed by atoms with Crippen LogP contribution in [-0.2, 0) is 0 Å². The third kappa shape index (κ3) is 4.13. The fourth-order valence-corrected chi connectivity index (χ4v) is 3.36. The van der Waals surface area contributed by atoms with Crippen LogP contribution in [0.3, 0.4) is 0 Å². The molecule has 0 spiro atoms. The van der Waals surface area contributed by atoms with Crippen LogP contribution < -0.4 is 10.1 Å². The molecule has 1 atom stereocenters. The molecule has 0 aromatic heterocycles. The summed E-state index contributed by atoms with van der Waals surface area (Å²) in [5.74, 6) is 0.646. The van der Waals surface area contributed by atoms with Crippen LogP contribution in [0.4, 0.5) is 4.39 Å². The van der Waals surface area contributed by atoms with Crippen LogP contribution in [0.15, 0.2) is 47.4 Å². The molecule has 1 unspecified atom stereocenters. The molecule has 1 N–H and O–H groups in total. The fourth-order valence-electron chi connectivity index (χ4n) is 2.02. The summed E-state index contributed by atoms with van der Waals surface area (Å²) in [6, 6.07) is 12.7. The zero-order chi connectivity index (χ0) is 15.2. The molecule has 0 saturated carbocycles. The van der Waals surface area contributed by atoms with E-state index in [4.69, 9.17) is 16.3 Å². The van der Waals surface area contributed by atoms with Crippen LogP contribution in [-0.4, -0.2) is 19.9 Å². The highest BCUT2D eigenvalue weighted by molar-refractivity contribution is 7.99. The molecule has 112 valence electrons. The highest BCUT2D eigenvalue weighted by atomic mass is 35.5. The van der Waals surface area contributed by atoms with Crippen molar-refractivity contribution in [2.24, 2.45) is 0 Å². The Morgan fingerprint density at radius 2 is 2.05 bits per heavy atom. The van der Waals surface area contributed by atoms with E-state index in [0.717, 1.165) is 4.90 Å². The van der Waals surface area contributed by atoms with Gasteiger partial charge in [0.1, 0.15) is 0 Å². The summed E-state index contributed by atoms with van der Waals surface area (Å²) in [6.07, 6.45) is 0. The van der Waals surface area contributed by atoms with Crippen molar-refractivity contribution in [3.05, 3.63) is 58.9 Å². The normalized spacial score (nSPS) is 12.2. The molecule has 0 radical (unpaired) electrons. The van der Waals surface area contributed by atoms with Gasteiger partial charge in [0.25, 0.3) is 0 Å². The van der Waals surface area contributed by atoms with E-state index in [1.54, 1.807) is 30.0 Å². The van der Waals surface area contributed by atoms with Crippen molar-refractivity contribution in [3.8, 4) is 5.75 Å². The first-order valence-electron chi connectivity index (χ1n) is 6.53. The molecule has 0 fully saturated rings. The number of methoxy groups -OCH3 is 1. The van der Waals surface area contributed by atoms with E-state index < -0.39 is 0 Å². The Kier molecular flexibility index (Phi) is 5.91. The van der Waals surface area contributed by atoms with Gasteiger partial charge in [-0.2, -0.15) is 0 Å². The topological polar surface area (TPSA) is 21.3 Å². The molecule has 2 aromatic carbocycles. The molecule has 2 aromatic rings. The number of hydrogen-bond acceptors (Lipinski definition) is 3. The molecule has 0 aliphatic carbocycles. The van der Waals surface area contributed by atoms with E-state index in [-0.39, 0.29) is 17.6 Å². The second-order valence-corrected chi connectivity index (χ2v) is 6.00. The maximum Gasteiger partial charge on any atom is 0.169 e. The minimum Gasteiger partial charge on any atom is -0.494 e. The average molecular weight is 326 g/mol. The smallest absolute Gasteiger partial charge is 0.169 e. The minimum atomic E-state index is -0.314. The third-order valence-electron chi connectivity index (χ3n) is 3.15. The first kappa shape index (κ1) is 16.1. The lowest BCUT2D eigenvalue weighted by atomic mass is 10.1. The van der Waals surface area contributed by atoms with E-state index in [1.807, 2.05) is 31.3 Å². The summed E-state index contributed by atoms with van der Waals surface area (Å²) in [6.45, 7) is 0. The molecule has 0 heterocycles. The number of nitrogens with one attached hydrogen (secondary N) is 1. The summed E-state index contributed by atoms with van der Waals surface area (Å²) in [5, 5.41) is 3.85. The van der Waals surface area contributed by atoms with E-state index in [2.05, 4.69) is 5.32 Å². The van der Waals surface area contributed by atoms with Crippen LogP contribution in [0.25, 0.3) is 0 Å². The van der Waals surface area contributed by atoms with Gasteiger partial charge in [-0.3, -0.25) is 0 Å². The van der Waals surface area contributed by atoms with Crippen molar-refractivity contribution >= 4 is 23.4 Å². The summed E-state index contributed by atoms with van der Waals surface area (Å²) in [5.41, 5.74) is 0.603. The zero-order valence-electron chi connectivity index (χ0n) is 11.9. The van der Waals surface area contributed by atoms with Crippen molar-refractivity contribution in [1.29, 1.82) is 0 Å². The van der Waals surface area contributed by atoms with Crippen LogP contribution in [0.5, 0.6) is 5.75 Å². The predicted octanol–water partition coefficient (Wildman–Crippen LogP) is 4.54. The number of halogens is 2. The first-order chi connectivity index (χ1) is 10.2. The molecule has 0 aliphatic rings. The van der Waals surface area contributed by atoms with E-state index in [1.165, 1.54) is 7.11 Å². The Morgan fingerprint density at radius 3 is 2.71 bits per heavy atom. The van der Waals surface area contributed by atoms with Crippen molar-refractivity contribution in [3.63, 3.8) is 0 Å². The number of ether oxygens (including phenoxy) is 1. The van der Waals surface area contributed by atoms with E-state index in [9.17, 15) is 4.39 Å². The summed E-state index contributed by atoms with van der Waals surface area (Å²) in [4.78, 5) is 1.06. The predicted molar refractivity (Wildman–Crippen MR) is 86.9 cm³/mol. The van der Waals surface area contributed by atoms with Gasteiger partial charge in [0.05, 0.1) is 7.11 Å². The van der Waals surface area contributed by atoms with Gasteiger partial charge in [-0.25, -0.2) is 4.39 Å². The van der Waals surface area contributed by atoms with Crippen molar-refractivity contribution in [2.75, 3.05) is 19.9 Å². The van der Waals surface area contributed by atoms with Crippen LogP contribution in [0, 0.1) is 5.82 Å². The highest BCUT2D eigenvalue weighted by Gasteiger charge is 2.17. The molecule has 0 amide bonds. The average Bonchev–Trinajstić information content (AvgIpc) is 2.49. The van der Waals surface area contributed by atoms with Crippen LogP contribution in [0.2, 0.25) is 5.02 Å². The largest absolute Gasteiger partial charge is 0.494 e. The first-order valence-corrected chi connectivity index (χ1v) is 7.90. The fraction of sp³-hybridized carbons (Fsp3) is 0.250. The maximum atomic E-state index is 14.3. The third-order valence-corrected chi connectivity index (χ3v) is 4.47. The molecular formula is C16H17ClFNOS. The van der Waals surface area contributed by atoms with Crippen molar-refractivity contribution in [1.82, 2.24) is 5.32 Å². The van der Waals surface area contributed by atoms with Gasteiger partial charge in [0, 0.05) is 27.3 Å². The van der Waals surface area contributed by atoms with Gasteiger partial charge in [-0.1, -0.05) is 29.8 Å². The standard InChI is InChI=1S/C16H17ClFNOS/c1-19-14(10-21-12-6-3-5-11(17)9-12)13-7-4-8-15(20-2)16(13)18/h3-9,14,19H,10H2,1-2H3. The molecule has 2 rings (SSSR count). The number of rotatable bonds is 6. The van der Waals surface area contributed by atoms with Gasteiger partial charge in [-0.05, 0) is 31.3 Å². The Morgan fingerprint density at radius 1 is 1.29 bits per heavy atom. The van der Waals surface area contributed by atoms with E-state index >= 15 is 0 Å². The number of hydrogen-bond donors (Lipinski definition) is 1.